The van der Waals surface area contributed by atoms with Gasteiger partial charge in [0.05, 0.1) is 12.1 Å². The molecule has 1 spiro atoms. The third-order valence-electron chi connectivity index (χ3n) is 5.43. The van der Waals surface area contributed by atoms with E-state index in [1.807, 2.05) is 0 Å². The molecule has 0 saturated heterocycles. The molecule has 0 amide bonds. The molecule has 1 aromatic rings. The van der Waals surface area contributed by atoms with E-state index in [4.69, 9.17) is 5.73 Å². The van der Waals surface area contributed by atoms with Crippen molar-refractivity contribution in [3.63, 3.8) is 0 Å². The van der Waals surface area contributed by atoms with Gasteiger partial charge in [-0.1, -0.05) is 31.5 Å². The van der Waals surface area contributed by atoms with Crippen molar-refractivity contribution in [3.05, 3.63) is 29.8 Å². The fourth-order valence-corrected chi connectivity index (χ4v) is 3.94. The molecule has 0 radical (unpaired) electrons. The van der Waals surface area contributed by atoms with Crippen molar-refractivity contribution in [2.45, 2.75) is 52.0 Å². The van der Waals surface area contributed by atoms with Crippen LogP contribution in [-0.2, 0) is 0 Å². The standard InChI is InChI=1S/C18H27N3/c1-13(2)15-8-10-18(11-9-15)12-20-17(19)21(18)16-6-4-14(3)5-7-16/h4-7,13,15H,8-12H2,1-3H3,(H2,19,20). The van der Waals surface area contributed by atoms with Crippen LogP contribution in [0.2, 0.25) is 0 Å². The van der Waals surface area contributed by atoms with E-state index in [0.29, 0.717) is 5.96 Å². The van der Waals surface area contributed by atoms with Crippen LogP contribution in [0.1, 0.15) is 45.1 Å². The Balaban J connectivity index is 1.84. The van der Waals surface area contributed by atoms with Crippen molar-refractivity contribution in [2.75, 3.05) is 11.4 Å². The molecule has 3 nitrogen and oxygen atoms in total. The summed E-state index contributed by atoms with van der Waals surface area (Å²) in [5.41, 5.74) is 8.83. The molecule has 2 aliphatic rings. The summed E-state index contributed by atoms with van der Waals surface area (Å²) in [6.07, 6.45) is 4.99. The molecule has 114 valence electrons. The van der Waals surface area contributed by atoms with Crippen molar-refractivity contribution < 1.29 is 0 Å². The van der Waals surface area contributed by atoms with Crippen LogP contribution in [0.5, 0.6) is 0 Å². The van der Waals surface area contributed by atoms with Crippen molar-refractivity contribution in [3.8, 4) is 0 Å². The van der Waals surface area contributed by atoms with E-state index in [1.54, 1.807) is 0 Å². The third-order valence-corrected chi connectivity index (χ3v) is 5.43. The van der Waals surface area contributed by atoms with Crippen molar-refractivity contribution >= 4 is 11.6 Å². The quantitative estimate of drug-likeness (QED) is 0.900. The minimum atomic E-state index is 0.130. The van der Waals surface area contributed by atoms with Gasteiger partial charge >= 0.3 is 0 Å². The second kappa shape index (κ2) is 5.36. The summed E-state index contributed by atoms with van der Waals surface area (Å²) in [5.74, 6) is 2.34. The molecule has 0 bridgehead atoms. The van der Waals surface area contributed by atoms with Crippen LogP contribution in [0.3, 0.4) is 0 Å². The number of benzene rings is 1. The molecule has 2 N–H and O–H groups in total. The van der Waals surface area contributed by atoms with Gasteiger partial charge < -0.3 is 10.6 Å². The highest BCUT2D eigenvalue weighted by Crippen LogP contribution is 2.43. The molecule has 1 aliphatic heterocycles. The maximum absolute atomic E-state index is 6.22. The zero-order valence-electron chi connectivity index (χ0n) is 13.5. The van der Waals surface area contributed by atoms with Gasteiger partial charge in [0.1, 0.15) is 0 Å². The first-order valence-corrected chi connectivity index (χ1v) is 8.19. The molecule has 1 saturated carbocycles. The lowest BCUT2D eigenvalue weighted by Gasteiger charge is -2.45. The van der Waals surface area contributed by atoms with E-state index in [0.717, 1.165) is 18.4 Å². The zero-order chi connectivity index (χ0) is 15.0. The van der Waals surface area contributed by atoms with E-state index < -0.39 is 0 Å². The summed E-state index contributed by atoms with van der Waals surface area (Å²) in [5, 5.41) is 0. The lowest BCUT2D eigenvalue weighted by atomic mass is 9.72. The molecule has 0 aromatic heterocycles. The number of guanidine groups is 1. The van der Waals surface area contributed by atoms with Gasteiger partial charge in [0.25, 0.3) is 0 Å². The van der Waals surface area contributed by atoms with E-state index in [1.165, 1.54) is 36.9 Å². The van der Waals surface area contributed by atoms with Crippen LogP contribution in [0.4, 0.5) is 5.69 Å². The molecular formula is C18H27N3. The van der Waals surface area contributed by atoms with Gasteiger partial charge in [-0.2, -0.15) is 0 Å². The Bertz CT molecular complexity index is 522. The van der Waals surface area contributed by atoms with Crippen LogP contribution in [-0.4, -0.2) is 18.0 Å². The Morgan fingerprint density at radius 2 is 1.81 bits per heavy atom. The average Bonchev–Trinajstić information content (AvgIpc) is 2.78. The van der Waals surface area contributed by atoms with Crippen LogP contribution < -0.4 is 10.6 Å². The fourth-order valence-electron chi connectivity index (χ4n) is 3.94. The Labute approximate surface area is 128 Å². The maximum Gasteiger partial charge on any atom is 0.196 e. The summed E-state index contributed by atoms with van der Waals surface area (Å²) < 4.78 is 0. The van der Waals surface area contributed by atoms with Crippen molar-refractivity contribution in [1.82, 2.24) is 0 Å². The molecule has 0 atom stereocenters. The predicted octanol–water partition coefficient (Wildman–Crippen LogP) is 3.71. The largest absolute Gasteiger partial charge is 0.369 e. The van der Waals surface area contributed by atoms with E-state index in [-0.39, 0.29) is 5.54 Å². The maximum atomic E-state index is 6.22. The molecule has 1 aromatic carbocycles. The van der Waals surface area contributed by atoms with Crippen LogP contribution in [0, 0.1) is 18.8 Å². The van der Waals surface area contributed by atoms with Gasteiger partial charge in [-0.25, -0.2) is 0 Å². The lowest BCUT2D eigenvalue weighted by molar-refractivity contribution is 0.206. The Morgan fingerprint density at radius 3 is 2.38 bits per heavy atom. The number of aliphatic imine (C=N–C) groups is 1. The Morgan fingerprint density at radius 1 is 1.19 bits per heavy atom. The highest BCUT2D eigenvalue weighted by Gasteiger charge is 2.45. The SMILES string of the molecule is Cc1ccc(N2C(N)=NCC23CCC(C(C)C)CC3)cc1. The number of nitrogens with zero attached hydrogens (tertiary/aromatic N) is 2. The second-order valence-corrected chi connectivity index (χ2v) is 7.15. The van der Waals surface area contributed by atoms with Gasteiger partial charge in [-0.05, 0) is 56.6 Å². The zero-order valence-corrected chi connectivity index (χ0v) is 13.5. The van der Waals surface area contributed by atoms with Gasteiger partial charge in [-0.15, -0.1) is 0 Å². The molecular weight excluding hydrogens is 258 g/mol. The molecule has 1 fully saturated rings. The predicted molar refractivity (Wildman–Crippen MR) is 89.7 cm³/mol. The molecule has 3 heteroatoms. The van der Waals surface area contributed by atoms with Crippen molar-refractivity contribution in [1.29, 1.82) is 0 Å². The number of anilines is 1. The number of hydrogen-bond donors (Lipinski definition) is 1. The molecule has 0 unspecified atom stereocenters. The molecule has 3 rings (SSSR count). The molecule has 21 heavy (non-hydrogen) atoms. The first kappa shape index (κ1) is 14.4. The number of nitrogens with two attached hydrogens (primary N) is 1. The lowest BCUT2D eigenvalue weighted by Crippen LogP contribution is -2.54. The topological polar surface area (TPSA) is 41.6 Å². The van der Waals surface area contributed by atoms with Crippen molar-refractivity contribution in [2.24, 2.45) is 22.6 Å². The summed E-state index contributed by atoms with van der Waals surface area (Å²) >= 11 is 0. The van der Waals surface area contributed by atoms with Gasteiger partial charge in [0, 0.05) is 5.69 Å². The van der Waals surface area contributed by atoms with Gasteiger partial charge in [0.2, 0.25) is 0 Å². The summed E-state index contributed by atoms with van der Waals surface area (Å²) in [4.78, 5) is 6.89. The van der Waals surface area contributed by atoms with Crippen LogP contribution in [0.15, 0.2) is 29.3 Å². The first-order chi connectivity index (χ1) is 10.0. The minimum absolute atomic E-state index is 0.130. The van der Waals surface area contributed by atoms with Gasteiger partial charge in [0.15, 0.2) is 5.96 Å². The molecule has 1 heterocycles. The Hall–Kier alpha value is -1.51. The second-order valence-electron chi connectivity index (χ2n) is 7.15. The number of rotatable bonds is 2. The number of aryl methyl sites for hydroxylation is 1. The Kier molecular flexibility index (Phi) is 3.68. The number of hydrogen-bond acceptors (Lipinski definition) is 3. The fraction of sp³-hybridized carbons (Fsp3) is 0.611. The minimum Gasteiger partial charge on any atom is -0.369 e. The van der Waals surface area contributed by atoms with Crippen LogP contribution >= 0.6 is 0 Å². The van der Waals surface area contributed by atoms with Gasteiger partial charge in [-0.3, -0.25) is 4.99 Å². The highest BCUT2D eigenvalue weighted by molar-refractivity contribution is 5.98. The highest BCUT2D eigenvalue weighted by atomic mass is 15.4. The summed E-state index contributed by atoms with van der Waals surface area (Å²) in [6.45, 7) is 7.67. The van der Waals surface area contributed by atoms with E-state index >= 15 is 0 Å². The van der Waals surface area contributed by atoms with Crippen LogP contribution in [0.25, 0.3) is 0 Å². The third kappa shape index (κ3) is 2.54. The summed E-state index contributed by atoms with van der Waals surface area (Å²) in [7, 11) is 0. The van der Waals surface area contributed by atoms with E-state index in [2.05, 4.69) is 54.9 Å². The smallest absolute Gasteiger partial charge is 0.196 e. The molecule has 1 aliphatic carbocycles. The van der Waals surface area contributed by atoms with E-state index in [9.17, 15) is 0 Å². The normalized spacial score (nSPS) is 29.2. The first-order valence-electron chi connectivity index (χ1n) is 8.19. The summed E-state index contributed by atoms with van der Waals surface area (Å²) in [6, 6.07) is 8.68. The monoisotopic (exact) mass is 285 g/mol. The average molecular weight is 285 g/mol.